The molecule has 0 saturated heterocycles. The van der Waals surface area contributed by atoms with Crippen molar-refractivity contribution in [2.24, 2.45) is 0 Å². The van der Waals surface area contributed by atoms with Crippen molar-refractivity contribution in [1.29, 1.82) is 0 Å². The van der Waals surface area contributed by atoms with E-state index in [0.29, 0.717) is 0 Å². The summed E-state index contributed by atoms with van der Waals surface area (Å²) in [5.41, 5.74) is 2.27. The summed E-state index contributed by atoms with van der Waals surface area (Å²) in [5, 5.41) is 0.786. The molecule has 0 fully saturated rings. The molecule has 1 aromatic heterocycles. The summed E-state index contributed by atoms with van der Waals surface area (Å²) >= 11 is 3.48. The smallest absolute Gasteiger partial charge is 0.120 e. The molecule has 0 radical (unpaired) electrons. The minimum atomic E-state index is 0.786. The molecule has 0 atom stereocenters. The van der Waals surface area contributed by atoms with E-state index in [4.69, 9.17) is 4.74 Å². The number of imidazole rings is 1. The second-order valence-corrected chi connectivity index (χ2v) is 4.21. The molecule has 0 aliphatic carbocycles. The van der Waals surface area contributed by atoms with Gasteiger partial charge in [-0.05, 0) is 18.6 Å². The maximum Gasteiger partial charge on any atom is 0.120 e. The lowest BCUT2D eigenvalue weighted by Gasteiger charge is -2.06. The molecule has 0 unspecified atom stereocenters. The molecule has 0 bridgehead atoms. The van der Waals surface area contributed by atoms with Crippen molar-refractivity contribution < 1.29 is 4.74 Å². The minimum Gasteiger partial charge on any atom is -0.385 e. The zero-order valence-corrected chi connectivity index (χ0v) is 10.9. The van der Waals surface area contributed by atoms with Crippen LogP contribution in [0.15, 0.2) is 24.3 Å². The first-order valence-electron chi connectivity index (χ1n) is 5.36. The zero-order chi connectivity index (χ0) is 11.4. The molecular weight excluding hydrogens is 268 g/mol. The van der Waals surface area contributed by atoms with Crippen molar-refractivity contribution in [2.45, 2.75) is 18.3 Å². The molecule has 16 heavy (non-hydrogen) atoms. The van der Waals surface area contributed by atoms with Gasteiger partial charge in [0.15, 0.2) is 0 Å². The first-order valence-corrected chi connectivity index (χ1v) is 6.48. The van der Waals surface area contributed by atoms with Crippen LogP contribution in [0.5, 0.6) is 0 Å². The van der Waals surface area contributed by atoms with Crippen molar-refractivity contribution in [3.8, 4) is 0 Å². The number of methoxy groups -OCH3 is 1. The van der Waals surface area contributed by atoms with E-state index in [9.17, 15) is 0 Å². The van der Waals surface area contributed by atoms with Gasteiger partial charge >= 0.3 is 0 Å². The number of para-hydroxylation sites is 2. The summed E-state index contributed by atoms with van der Waals surface area (Å²) in [6.07, 6.45) is 1.01. The lowest BCUT2D eigenvalue weighted by molar-refractivity contribution is 0.190. The van der Waals surface area contributed by atoms with Gasteiger partial charge in [0.25, 0.3) is 0 Å². The highest BCUT2D eigenvalue weighted by molar-refractivity contribution is 9.08. The Labute approximate surface area is 104 Å². The van der Waals surface area contributed by atoms with Gasteiger partial charge in [0.05, 0.1) is 16.4 Å². The number of hydrogen-bond donors (Lipinski definition) is 0. The van der Waals surface area contributed by atoms with Gasteiger partial charge in [-0.25, -0.2) is 4.98 Å². The number of fused-ring (bicyclic) bond motifs is 1. The second kappa shape index (κ2) is 5.46. The molecule has 0 N–H and O–H groups in total. The maximum atomic E-state index is 5.08. The average Bonchev–Trinajstić information content (AvgIpc) is 2.68. The van der Waals surface area contributed by atoms with Crippen LogP contribution < -0.4 is 0 Å². The van der Waals surface area contributed by atoms with E-state index >= 15 is 0 Å². The van der Waals surface area contributed by atoms with Crippen molar-refractivity contribution in [2.75, 3.05) is 13.7 Å². The number of alkyl halides is 1. The molecule has 0 amide bonds. The van der Waals surface area contributed by atoms with Crippen LogP contribution in [0, 0.1) is 0 Å². The van der Waals surface area contributed by atoms with Crippen LogP contribution in [0.3, 0.4) is 0 Å². The normalized spacial score (nSPS) is 11.1. The maximum absolute atomic E-state index is 5.08. The SMILES string of the molecule is COCCCn1c(CBr)nc2ccccc21. The van der Waals surface area contributed by atoms with Crippen LogP contribution in [0.4, 0.5) is 0 Å². The quantitative estimate of drug-likeness (QED) is 0.623. The summed E-state index contributed by atoms with van der Waals surface area (Å²) in [6.45, 7) is 1.74. The summed E-state index contributed by atoms with van der Waals surface area (Å²) in [6, 6.07) is 8.23. The number of benzene rings is 1. The van der Waals surface area contributed by atoms with E-state index in [1.807, 2.05) is 12.1 Å². The van der Waals surface area contributed by atoms with E-state index in [0.717, 1.165) is 36.2 Å². The zero-order valence-electron chi connectivity index (χ0n) is 9.32. The first-order chi connectivity index (χ1) is 7.86. The van der Waals surface area contributed by atoms with Crippen LogP contribution >= 0.6 is 15.9 Å². The fourth-order valence-corrected chi connectivity index (χ4v) is 2.27. The van der Waals surface area contributed by atoms with Gasteiger partial charge in [0.2, 0.25) is 0 Å². The molecule has 2 aromatic rings. The van der Waals surface area contributed by atoms with Gasteiger partial charge < -0.3 is 9.30 Å². The van der Waals surface area contributed by atoms with E-state index in [1.165, 1.54) is 5.52 Å². The molecule has 3 nitrogen and oxygen atoms in total. The van der Waals surface area contributed by atoms with Crippen LogP contribution in [-0.2, 0) is 16.6 Å². The first kappa shape index (κ1) is 11.6. The Hall–Kier alpha value is -0.870. The summed E-state index contributed by atoms with van der Waals surface area (Å²) in [7, 11) is 1.73. The van der Waals surface area contributed by atoms with E-state index in [1.54, 1.807) is 7.11 Å². The van der Waals surface area contributed by atoms with Gasteiger partial charge in [0.1, 0.15) is 5.82 Å². The van der Waals surface area contributed by atoms with Crippen LogP contribution in [-0.4, -0.2) is 23.3 Å². The van der Waals surface area contributed by atoms with Gasteiger partial charge in [-0.1, -0.05) is 28.1 Å². The molecule has 1 aromatic carbocycles. The Balaban J connectivity index is 2.32. The van der Waals surface area contributed by atoms with Gasteiger partial charge in [0, 0.05) is 20.3 Å². The second-order valence-electron chi connectivity index (χ2n) is 3.65. The number of aryl methyl sites for hydroxylation is 1. The van der Waals surface area contributed by atoms with Crippen LogP contribution in [0.1, 0.15) is 12.2 Å². The minimum absolute atomic E-state index is 0.786. The molecule has 2 rings (SSSR count). The number of halogens is 1. The van der Waals surface area contributed by atoms with Crippen molar-refractivity contribution in [3.63, 3.8) is 0 Å². The highest BCUT2D eigenvalue weighted by atomic mass is 79.9. The standard InChI is InChI=1S/C12H15BrN2O/c1-16-8-4-7-15-11-6-3-2-5-10(11)14-12(15)9-13/h2-3,5-6H,4,7-9H2,1H3. The average molecular weight is 283 g/mol. The number of hydrogen-bond acceptors (Lipinski definition) is 2. The fourth-order valence-electron chi connectivity index (χ4n) is 1.84. The Kier molecular flexibility index (Phi) is 3.96. The Morgan fingerprint density at radius 3 is 2.94 bits per heavy atom. The number of rotatable bonds is 5. The third-order valence-corrected chi connectivity index (χ3v) is 3.08. The summed E-state index contributed by atoms with van der Waals surface area (Å²) < 4.78 is 7.33. The molecule has 4 heteroatoms. The topological polar surface area (TPSA) is 27.1 Å². The number of ether oxygens (including phenoxy) is 1. The highest BCUT2D eigenvalue weighted by Crippen LogP contribution is 2.18. The molecule has 1 heterocycles. The lowest BCUT2D eigenvalue weighted by atomic mass is 10.3. The summed E-state index contributed by atoms with van der Waals surface area (Å²) in [4.78, 5) is 4.59. The van der Waals surface area contributed by atoms with Crippen molar-refractivity contribution in [1.82, 2.24) is 9.55 Å². The Bertz CT molecular complexity index is 467. The Morgan fingerprint density at radius 1 is 1.38 bits per heavy atom. The van der Waals surface area contributed by atoms with Crippen LogP contribution in [0.2, 0.25) is 0 Å². The van der Waals surface area contributed by atoms with Gasteiger partial charge in [-0.15, -0.1) is 0 Å². The van der Waals surface area contributed by atoms with Gasteiger partial charge in [-0.3, -0.25) is 0 Å². The van der Waals surface area contributed by atoms with Crippen molar-refractivity contribution in [3.05, 3.63) is 30.1 Å². The van der Waals surface area contributed by atoms with E-state index in [-0.39, 0.29) is 0 Å². The third-order valence-electron chi connectivity index (χ3n) is 2.58. The fraction of sp³-hybridized carbons (Fsp3) is 0.417. The number of nitrogens with zero attached hydrogens (tertiary/aromatic N) is 2. The van der Waals surface area contributed by atoms with E-state index in [2.05, 4.69) is 37.6 Å². The Morgan fingerprint density at radius 2 is 2.19 bits per heavy atom. The molecule has 0 spiro atoms. The predicted octanol–water partition coefficient (Wildman–Crippen LogP) is 2.97. The third kappa shape index (κ3) is 2.28. The molecular formula is C12H15BrN2O. The molecule has 0 aliphatic heterocycles. The van der Waals surface area contributed by atoms with Gasteiger partial charge in [-0.2, -0.15) is 0 Å². The highest BCUT2D eigenvalue weighted by Gasteiger charge is 2.08. The monoisotopic (exact) mass is 282 g/mol. The predicted molar refractivity (Wildman–Crippen MR) is 68.9 cm³/mol. The lowest BCUT2D eigenvalue weighted by Crippen LogP contribution is -2.04. The molecule has 86 valence electrons. The summed E-state index contributed by atoms with van der Waals surface area (Å²) in [5.74, 6) is 1.08. The van der Waals surface area contributed by atoms with E-state index < -0.39 is 0 Å². The molecule has 0 aliphatic rings. The van der Waals surface area contributed by atoms with Crippen molar-refractivity contribution >= 4 is 27.0 Å². The van der Waals surface area contributed by atoms with Crippen LogP contribution in [0.25, 0.3) is 11.0 Å². The number of aromatic nitrogens is 2. The molecule has 0 saturated carbocycles. The largest absolute Gasteiger partial charge is 0.385 e.